The highest BCUT2D eigenvalue weighted by molar-refractivity contribution is 7.99. The standard InChI is InChI=1S/C20H24N2O3S/c1-24-17-10-4-5-11-18(17)25-14-13-21-19(23)16-9-6-12-22-20(16)26-15-7-2-3-8-15/h4-6,9-12,15H,2-3,7-8,13-14H2,1H3,(H,21,23). The number of pyridine rings is 1. The molecule has 1 aliphatic rings. The minimum absolute atomic E-state index is 0.109. The van der Waals surface area contributed by atoms with Crippen LogP contribution in [-0.2, 0) is 0 Å². The number of thioether (sulfide) groups is 1. The van der Waals surface area contributed by atoms with Gasteiger partial charge in [-0.05, 0) is 37.1 Å². The van der Waals surface area contributed by atoms with Crippen LogP contribution < -0.4 is 14.8 Å². The van der Waals surface area contributed by atoms with Gasteiger partial charge in [-0.2, -0.15) is 0 Å². The normalized spacial score (nSPS) is 14.2. The maximum Gasteiger partial charge on any atom is 0.254 e. The Bertz CT molecular complexity index is 733. The van der Waals surface area contributed by atoms with Crippen molar-refractivity contribution in [3.8, 4) is 11.5 Å². The van der Waals surface area contributed by atoms with Gasteiger partial charge in [0.1, 0.15) is 11.6 Å². The minimum Gasteiger partial charge on any atom is -0.493 e. The number of benzene rings is 1. The van der Waals surface area contributed by atoms with Gasteiger partial charge in [-0.1, -0.05) is 25.0 Å². The number of rotatable bonds is 8. The number of methoxy groups -OCH3 is 1. The van der Waals surface area contributed by atoms with Crippen molar-refractivity contribution < 1.29 is 14.3 Å². The molecule has 1 aliphatic carbocycles. The summed E-state index contributed by atoms with van der Waals surface area (Å²) in [6, 6.07) is 11.1. The number of carbonyl (C=O) groups excluding carboxylic acids is 1. The SMILES string of the molecule is COc1ccccc1OCCNC(=O)c1cccnc1SC1CCCC1. The molecule has 0 saturated heterocycles. The Kier molecular flexibility index (Phi) is 6.77. The molecule has 1 N–H and O–H groups in total. The van der Waals surface area contributed by atoms with Crippen LogP contribution in [0.5, 0.6) is 11.5 Å². The second kappa shape index (κ2) is 9.48. The molecule has 0 spiro atoms. The summed E-state index contributed by atoms with van der Waals surface area (Å²) in [5.74, 6) is 1.24. The van der Waals surface area contributed by atoms with Crippen LogP contribution in [0.2, 0.25) is 0 Å². The van der Waals surface area contributed by atoms with Crippen molar-refractivity contribution in [2.75, 3.05) is 20.3 Å². The number of nitrogens with one attached hydrogen (secondary N) is 1. The van der Waals surface area contributed by atoms with E-state index in [1.807, 2.05) is 30.3 Å². The zero-order valence-corrected chi connectivity index (χ0v) is 15.8. The first kappa shape index (κ1) is 18.6. The van der Waals surface area contributed by atoms with E-state index in [0.29, 0.717) is 35.5 Å². The van der Waals surface area contributed by atoms with Gasteiger partial charge in [-0.3, -0.25) is 4.79 Å². The zero-order chi connectivity index (χ0) is 18.2. The first-order valence-corrected chi connectivity index (χ1v) is 9.81. The summed E-state index contributed by atoms with van der Waals surface area (Å²) in [4.78, 5) is 16.9. The molecule has 5 nitrogen and oxygen atoms in total. The van der Waals surface area contributed by atoms with Gasteiger partial charge in [0.25, 0.3) is 5.91 Å². The molecule has 0 bridgehead atoms. The second-order valence-electron chi connectivity index (χ2n) is 6.14. The van der Waals surface area contributed by atoms with Gasteiger partial charge in [0, 0.05) is 11.4 Å². The van der Waals surface area contributed by atoms with Crippen LogP contribution in [0.1, 0.15) is 36.0 Å². The molecule has 1 fully saturated rings. The molecule has 0 atom stereocenters. The van der Waals surface area contributed by atoms with Crippen LogP contribution in [0, 0.1) is 0 Å². The van der Waals surface area contributed by atoms with E-state index in [2.05, 4.69) is 10.3 Å². The van der Waals surface area contributed by atoms with E-state index < -0.39 is 0 Å². The van der Waals surface area contributed by atoms with Gasteiger partial charge in [-0.15, -0.1) is 11.8 Å². The van der Waals surface area contributed by atoms with Crippen LogP contribution in [0.4, 0.5) is 0 Å². The maximum absolute atomic E-state index is 12.5. The van der Waals surface area contributed by atoms with E-state index in [9.17, 15) is 4.79 Å². The molecule has 1 aromatic carbocycles. The smallest absolute Gasteiger partial charge is 0.254 e. The lowest BCUT2D eigenvalue weighted by molar-refractivity contribution is 0.0943. The third kappa shape index (κ3) is 4.91. The lowest BCUT2D eigenvalue weighted by Gasteiger charge is -2.13. The summed E-state index contributed by atoms with van der Waals surface area (Å²) < 4.78 is 10.9. The van der Waals surface area contributed by atoms with Crippen LogP contribution in [0.15, 0.2) is 47.6 Å². The average molecular weight is 372 g/mol. The van der Waals surface area contributed by atoms with Crippen LogP contribution in [0.3, 0.4) is 0 Å². The fraction of sp³-hybridized carbons (Fsp3) is 0.400. The van der Waals surface area contributed by atoms with Crippen LogP contribution in [-0.4, -0.2) is 36.4 Å². The molecule has 3 rings (SSSR count). The first-order valence-electron chi connectivity index (χ1n) is 8.93. The van der Waals surface area contributed by atoms with Crippen LogP contribution in [0.25, 0.3) is 0 Å². The Morgan fingerprint density at radius 3 is 2.73 bits per heavy atom. The first-order chi connectivity index (χ1) is 12.8. The lowest BCUT2D eigenvalue weighted by atomic mass is 10.2. The third-order valence-electron chi connectivity index (χ3n) is 4.31. The van der Waals surface area contributed by atoms with Gasteiger partial charge >= 0.3 is 0 Å². The Morgan fingerprint density at radius 2 is 1.96 bits per heavy atom. The van der Waals surface area contributed by atoms with Crippen molar-refractivity contribution in [3.63, 3.8) is 0 Å². The van der Waals surface area contributed by atoms with E-state index in [4.69, 9.17) is 9.47 Å². The number of amides is 1. The molecule has 1 saturated carbocycles. The molecule has 0 aliphatic heterocycles. The van der Waals surface area contributed by atoms with E-state index in [1.54, 1.807) is 31.1 Å². The largest absolute Gasteiger partial charge is 0.493 e. The van der Waals surface area contributed by atoms with E-state index >= 15 is 0 Å². The average Bonchev–Trinajstić information content (AvgIpc) is 3.19. The zero-order valence-electron chi connectivity index (χ0n) is 14.9. The van der Waals surface area contributed by atoms with Crippen molar-refractivity contribution >= 4 is 17.7 Å². The van der Waals surface area contributed by atoms with Crippen LogP contribution >= 0.6 is 11.8 Å². The topological polar surface area (TPSA) is 60.5 Å². The number of ether oxygens (including phenoxy) is 2. The Hall–Kier alpha value is -2.21. The summed E-state index contributed by atoms with van der Waals surface area (Å²) in [5.41, 5.74) is 0.640. The second-order valence-corrected chi connectivity index (χ2v) is 7.42. The fourth-order valence-electron chi connectivity index (χ4n) is 2.98. The molecular formula is C20H24N2O3S. The number of nitrogens with zero attached hydrogens (tertiary/aromatic N) is 1. The molecule has 138 valence electrons. The lowest BCUT2D eigenvalue weighted by Crippen LogP contribution is -2.28. The molecule has 2 aromatic rings. The summed E-state index contributed by atoms with van der Waals surface area (Å²) in [5, 5.41) is 4.31. The number of aromatic nitrogens is 1. The van der Waals surface area contributed by atoms with Gasteiger partial charge in [-0.25, -0.2) is 4.98 Å². The van der Waals surface area contributed by atoms with E-state index in [0.717, 1.165) is 5.03 Å². The summed E-state index contributed by atoms with van der Waals surface area (Å²) in [6.45, 7) is 0.788. The number of hydrogen-bond donors (Lipinski definition) is 1. The minimum atomic E-state index is -0.109. The van der Waals surface area contributed by atoms with Crippen molar-refractivity contribution in [1.82, 2.24) is 10.3 Å². The maximum atomic E-state index is 12.5. The summed E-state index contributed by atoms with van der Waals surface area (Å²) >= 11 is 1.73. The molecular weight excluding hydrogens is 348 g/mol. The van der Waals surface area contributed by atoms with Gasteiger partial charge in [0.2, 0.25) is 0 Å². The molecule has 6 heteroatoms. The number of para-hydroxylation sites is 2. The van der Waals surface area contributed by atoms with Crippen molar-refractivity contribution in [1.29, 1.82) is 0 Å². The predicted octanol–water partition coefficient (Wildman–Crippen LogP) is 3.93. The quantitative estimate of drug-likeness (QED) is 0.712. The van der Waals surface area contributed by atoms with E-state index in [1.165, 1.54) is 25.7 Å². The Labute approximate surface area is 158 Å². The van der Waals surface area contributed by atoms with Crippen molar-refractivity contribution in [2.24, 2.45) is 0 Å². The Morgan fingerprint density at radius 1 is 1.19 bits per heavy atom. The number of hydrogen-bond acceptors (Lipinski definition) is 5. The highest BCUT2D eigenvalue weighted by Gasteiger charge is 2.20. The molecule has 1 aromatic heterocycles. The van der Waals surface area contributed by atoms with Crippen molar-refractivity contribution in [2.45, 2.75) is 36.0 Å². The third-order valence-corrected chi connectivity index (χ3v) is 5.66. The number of carbonyl (C=O) groups is 1. The Balaban J connectivity index is 1.52. The highest BCUT2D eigenvalue weighted by atomic mass is 32.2. The molecule has 26 heavy (non-hydrogen) atoms. The molecule has 0 unspecified atom stereocenters. The molecule has 1 heterocycles. The molecule has 0 radical (unpaired) electrons. The van der Waals surface area contributed by atoms with Crippen molar-refractivity contribution in [3.05, 3.63) is 48.2 Å². The molecule has 1 amide bonds. The predicted molar refractivity (Wildman–Crippen MR) is 103 cm³/mol. The summed E-state index contributed by atoms with van der Waals surface area (Å²) in [6.07, 6.45) is 6.70. The van der Waals surface area contributed by atoms with Gasteiger partial charge in [0.15, 0.2) is 11.5 Å². The fourth-order valence-corrected chi connectivity index (χ4v) is 4.27. The van der Waals surface area contributed by atoms with Gasteiger partial charge in [0.05, 0.1) is 19.2 Å². The van der Waals surface area contributed by atoms with Gasteiger partial charge < -0.3 is 14.8 Å². The highest BCUT2D eigenvalue weighted by Crippen LogP contribution is 2.35. The monoisotopic (exact) mass is 372 g/mol. The summed E-state index contributed by atoms with van der Waals surface area (Å²) in [7, 11) is 1.61. The van der Waals surface area contributed by atoms with E-state index in [-0.39, 0.29) is 5.91 Å².